The molecule has 1 heterocycles. The smallest absolute Gasteiger partial charge is 0.305 e. The summed E-state index contributed by atoms with van der Waals surface area (Å²) >= 11 is 0. The molecule has 0 spiro atoms. The maximum atomic E-state index is 10.2. The Balaban J connectivity index is -0.0000000206. The van der Waals surface area contributed by atoms with Crippen molar-refractivity contribution in [2.75, 3.05) is 26.9 Å². The maximum absolute atomic E-state index is 10.2. The molecule has 170 valence electrons. The van der Waals surface area contributed by atoms with Crippen molar-refractivity contribution in [3.8, 4) is 0 Å². The fraction of sp³-hybridized carbons (Fsp3) is 0.765. The number of methoxy groups -OCH3 is 1. The van der Waals surface area contributed by atoms with Gasteiger partial charge in [0.2, 0.25) is 0 Å². The van der Waals surface area contributed by atoms with Crippen molar-refractivity contribution in [2.24, 2.45) is 0 Å². The van der Waals surface area contributed by atoms with Crippen molar-refractivity contribution in [2.45, 2.75) is 60.8 Å². The van der Waals surface area contributed by atoms with Gasteiger partial charge in [-0.05, 0) is 19.3 Å². The first-order valence-corrected chi connectivity index (χ1v) is 6.63. The number of carboxylic acids is 1. The molecule has 0 aromatic rings. The minimum atomic E-state index is -0.853. The van der Waals surface area contributed by atoms with Gasteiger partial charge in [0.1, 0.15) is 0 Å². The summed E-state index contributed by atoms with van der Waals surface area (Å²) in [5.74, 6) is -1.16. The minimum Gasteiger partial charge on any atom is -0.481 e. The van der Waals surface area contributed by atoms with Crippen LogP contribution in [0.2, 0.25) is 0 Å². The van der Waals surface area contributed by atoms with Gasteiger partial charge in [-0.25, -0.2) is 0 Å². The molecule has 0 amide bonds. The summed E-state index contributed by atoms with van der Waals surface area (Å²) in [4.78, 5) is 29.9. The van der Waals surface area contributed by atoms with Crippen LogP contribution >= 0.6 is 0 Å². The molecule has 1 saturated heterocycles. The van der Waals surface area contributed by atoms with E-state index in [2.05, 4.69) is 9.47 Å². The number of carbonyl (C=O) groups excluding carboxylic acids is 2. The van der Waals surface area contributed by atoms with Crippen molar-refractivity contribution in [1.82, 2.24) is 0 Å². The average molecular weight is 1190 g/mol. The van der Waals surface area contributed by atoms with Crippen LogP contribution in [0.25, 0.3) is 0 Å². The molecule has 0 bridgehead atoms. The molecule has 0 saturated carbocycles. The number of ether oxygens (including phenoxy) is 2. The van der Waals surface area contributed by atoms with E-state index in [1.807, 2.05) is 0 Å². The van der Waals surface area contributed by atoms with Crippen LogP contribution in [0.15, 0.2) is 0 Å². The van der Waals surface area contributed by atoms with Crippen LogP contribution in [0.1, 0.15) is 60.8 Å². The van der Waals surface area contributed by atoms with Crippen molar-refractivity contribution >= 4 is 17.9 Å². The van der Waals surface area contributed by atoms with E-state index in [-0.39, 0.29) is 66.8 Å². The second-order valence-corrected chi connectivity index (χ2v) is 3.95. The van der Waals surface area contributed by atoms with Crippen LogP contribution in [0.4, 0.5) is 0 Å². The Labute approximate surface area is 158 Å². The van der Waals surface area contributed by atoms with Crippen molar-refractivity contribution in [1.29, 1.82) is 0 Å². The zero-order valence-corrected chi connectivity index (χ0v) is 35.1. The topological polar surface area (TPSA) is 162 Å². The van der Waals surface area contributed by atoms with E-state index < -0.39 is 5.97 Å². The molecular weight excluding hydrogens is 1150 g/mol. The van der Waals surface area contributed by atoms with Gasteiger partial charge in [0.15, 0.2) is 0 Å². The fourth-order valence-electron chi connectivity index (χ4n) is 1.03. The molecule has 1 rings (SSSR count). The van der Waals surface area contributed by atoms with Crippen molar-refractivity contribution < 1.29 is 44.7 Å². The van der Waals surface area contributed by atoms with Crippen LogP contribution in [0.3, 0.4) is 0 Å². The number of aliphatic hydroxyl groups excluding tert-OH is 2. The monoisotopic (exact) mass is 1190 g/mol. The van der Waals surface area contributed by atoms with Crippen LogP contribution in [-0.4, -0.2) is 65.6 Å². The Kier molecular flexibility index (Phi) is 110. The van der Waals surface area contributed by atoms with E-state index in [4.69, 9.17) is 15.3 Å². The Bertz CT molecular complexity index is 300. The summed E-state index contributed by atoms with van der Waals surface area (Å²) in [6.45, 7) is 0.653. The van der Waals surface area contributed by atoms with E-state index in [1.54, 1.807) is 0 Å². The molecule has 5 N–H and O–H groups in total. The van der Waals surface area contributed by atoms with Crippen LogP contribution in [0.5, 0.6) is 0 Å². The number of carboxylic acid groups (broad SMARTS) is 1. The average Bonchev–Trinajstić information content (AvgIpc) is 2.94. The zero-order chi connectivity index (χ0) is 16.5. The fourth-order valence-corrected chi connectivity index (χ4v) is 1.03. The first kappa shape index (κ1) is 64.5. The van der Waals surface area contributed by atoms with Crippen molar-refractivity contribution in [3.05, 3.63) is 7.43 Å². The quantitative estimate of drug-likeness (QED) is 0.268. The number of hydrogen-bond acceptors (Lipinski definition) is 7. The Morgan fingerprint density at radius 3 is 1.59 bits per heavy atom. The Morgan fingerprint density at radius 1 is 1.00 bits per heavy atom. The van der Waals surface area contributed by atoms with Gasteiger partial charge in [0.05, 0.1) is 13.7 Å². The third-order valence-corrected chi connectivity index (χ3v) is 2.10. The summed E-state index contributed by atoms with van der Waals surface area (Å²) in [6, 6.07) is 0. The number of cyclic esters (lactones) is 1. The van der Waals surface area contributed by atoms with E-state index in [0.29, 0.717) is 32.3 Å². The van der Waals surface area contributed by atoms with Gasteiger partial charge in [0.25, 0.3) is 0 Å². The number of rotatable bonds is 6. The summed E-state index contributed by atoms with van der Waals surface area (Å²) in [5, 5.41) is 24.2. The van der Waals surface area contributed by atoms with Crippen LogP contribution in [0, 0.1) is 7.43 Å². The predicted octanol–water partition coefficient (Wildman–Crippen LogP) is 1.63. The number of aliphatic carboxylic acids is 1. The van der Waals surface area contributed by atoms with Gasteiger partial charge in [-0.2, -0.15) is 0 Å². The van der Waals surface area contributed by atoms with Gasteiger partial charge >= 0.3 is 17.9 Å². The molecule has 0 radical (unpaired) electrons. The SMILES string of the molecule is C.C.C.COC(=O)CCCO.O.O=C(O)CCCO.O=C1CCCO1.[CH3-].[Rf].[Rf].[Rf]. The van der Waals surface area contributed by atoms with Crippen LogP contribution in [-0.2, 0) is 23.9 Å². The molecule has 1 aliphatic rings. The molecular formula is C17H41O9Rf3-. The van der Waals surface area contributed by atoms with Crippen molar-refractivity contribution in [3.63, 3.8) is 0 Å². The second-order valence-electron chi connectivity index (χ2n) is 3.95. The van der Waals surface area contributed by atoms with E-state index >= 15 is 0 Å². The molecule has 0 aliphatic carbocycles. The maximum Gasteiger partial charge on any atom is 0.305 e. The number of esters is 2. The van der Waals surface area contributed by atoms with Crippen LogP contribution < -0.4 is 0 Å². The minimum absolute atomic E-state index is 0. The van der Waals surface area contributed by atoms with Gasteiger partial charge < -0.3 is 37.7 Å². The Hall–Kier alpha value is -4.71. The summed E-state index contributed by atoms with van der Waals surface area (Å²) < 4.78 is 8.82. The van der Waals surface area contributed by atoms with Gasteiger partial charge in [0, 0.05) is 32.5 Å². The van der Waals surface area contributed by atoms with Gasteiger partial charge in [-0.15, -0.1) is 0 Å². The van der Waals surface area contributed by atoms with E-state index in [9.17, 15) is 14.4 Å². The zero-order valence-electron chi connectivity index (χ0n) is 15.9. The standard InChI is InChI=1S/C5H10O3.C4H8O3.C4H6O2.3CH4.CH3.H2O.3Rf/c1-8-5(7)3-2-4-6;5-3-1-2-4(6)7;5-4-2-1-3-6-4;;;;;;;;/h6H,2-4H2,1H3;5H,1-3H2,(H,6,7);1-3H2;3*1H4;1H3;1H2;;;/q;;;;;;-1;;;;. The normalized spacial score (nSPS) is 8.86. The van der Waals surface area contributed by atoms with Gasteiger partial charge in [-0.3, -0.25) is 14.4 Å². The first-order valence-electron chi connectivity index (χ1n) is 6.63. The second kappa shape index (κ2) is 49.5. The molecule has 1 aliphatic heterocycles. The Morgan fingerprint density at radius 2 is 1.41 bits per heavy atom. The number of hydrogen-bond donors (Lipinski definition) is 3. The molecule has 9 nitrogen and oxygen atoms in total. The number of aliphatic hydroxyl groups is 2. The predicted molar refractivity (Wildman–Crippen MR) is 103 cm³/mol. The first-order chi connectivity index (χ1) is 9.97. The molecule has 29 heavy (non-hydrogen) atoms. The third-order valence-electron chi connectivity index (χ3n) is 2.10. The molecule has 0 aromatic carbocycles. The molecule has 0 aromatic heterocycles. The molecule has 0 atom stereocenters. The third kappa shape index (κ3) is 69.9. The molecule has 12 heteroatoms. The van der Waals surface area contributed by atoms with E-state index in [1.165, 1.54) is 7.11 Å². The number of carbonyl (C=O) groups is 3. The summed E-state index contributed by atoms with van der Waals surface area (Å²) in [5.41, 5.74) is 0. The van der Waals surface area contributed by atoms with E-state index in [0.717, 1.165) is 6.42 Å². The van der Waals surface area contributed by atoms with Gasteiger partial charge in [-0.1, -0.05) is 22.3 Å². The summed E-state index contributed by atoms with van der Waals surface area (Å²) in [6.07, 6.45) is 2.77. The molecule has 0 unspecified atom stereocenters. The summed E-state index contributed by atoms with van der Waals surface area (Å²) in [7, 11) is 1.33. The molecule has 1 fully saturated rings. The largest absolute Gasteiger partial charge is 0.481 e.